The summed E-state index contributed by atoms with van der Waals surface area (Å²) in [5, 5.41) is 12.1. The molecule has 302 valence electrons. The molecule has 1 unspecified atom stereocenters. The molecule has 19 heteroatoms. The summed E-state index contributed by atoms with van der Waals surface area (Å²) >= 11 is 0. The second kappa shape index (κ2) is 18.5. The molecule has 4 rings (SSSR count). The molecule has 1 spiro atoms. The van der Waals surface area contributed by atoms with Gasteiger partial charge < -0.3 is 38.1 Å². The third kappa shape index (κ3) is 9.96. The highest BCUT2D eigenvalue weighted by Gasteiger charge is 2.57. The van der Waals surface area contributed by atoms with Crippen LogP contribution in [0.1, 0.15) is 30.5 Å². The molecule has 0 saturated carbocycles. The number of anilines is 1. The summed E-state index contributed by atoms with van der Waals surface area (Å²) in [7, 11) is 5.22. The van der Waals surface area contributed by atoms with Crippen molar-refractivity contribution in [2.24, 2.45) is 0 Å². The third-order valence-electron chi connectivity index (χ3n) is 9.39. The van der Waals surface area contributed by atoms with Crippen LogP contribution in [0.25, 0.3) is 6.08 Å². The van der Waals surface area contributed by atoms with Gasteiger partial charge in [0.1, 0.15) is 5.75 Å². The number of hydrogen-bond acceptors (Lipinski definition) is 18. The highest BCUT2D eigenvalue weighted by molar-refractivity contribution is 5.80. The van der Waals surface area contributed by atoms with Crippen LogP contribution in [-0.2, 0) is 69.1 Å². The standard InChI is InChI=1S/C37H44N4O15/c1-36(2)27-9-7-8-10-28(27)38(3)37(36)12-11-24-15-26(41(48)49)16-25(35(24)56-37)17-39(18-29(42)53-21-32(45)50-4)13-14-40(19-30(43)54-22-33(46)51-5)20-31(44)55-23-34(47)52-6/h7-12,15-16H,13-14,17-23H2,1-6H3. The number of nitrogens with zero attached hydrogens (tertiary/aromatic N) is 4. The number of nitro benzene ring substituents is 1. The molecule has 0 bridgehead atoms. The highest BCUT2D eigenvalue weighted by Crippen LogP contribution is 2.54. The van der Waals surface area contributed by atoms with Crippen molar-refractivity contribution in [3.8, 4) is 5.75 Å². The van der Waals surface area contributed by atoms with E-state index in [9.17, 15) is 38.9 Å². The Morgan fingerprint density at radius 2 is 1.27 bits per heavy atom. The van der Waals surface area contributed by atoms with Gasteiger partial charge >= 0.3 is 35.8 Å². The number of methoxy groups -OCH3 is 3. The molecule has 0 aromatic heterocycles. The molecule has 56 heavy (non-hydrogen) atoms. The summed E-state index contributed by atoms with van der Waals surface area (Å²) in [4.78, 5) is 89.6. The van der Waals surface area contributed by atoms with Crippen molar-refractivity contribution in [2.45, 2.75) is 31.5 Å². The second-order valence-electron chi connectivity index (χ2n) is 13.2. The zero-order valence-electron chi connectivity index (χ0n) is 31.9. The quantitative estimate of drug-likeness (QED) is 0.0902. The van der Waals surface area contributed by atoms with Gasteiger partial charge in [-0.3, -0.25) is 34.3 Å². The van der Waals surface area contributed by atoms with E-state index in [0.717, 1.165) is 32.6 Å². The van der Waals surface area contributed by atoms with Crippen LogP contribution in [0.15, 0.2) is 42.5 Å². The lowest BCUT2D eigenvalue weighted by atomic mass is 9.76. The number of non-ortho nitro benzene ring substituents is 1. The molecule has 19 nitrogen and oxygen atoms in total. The maximum absolute atomic E-state index is 13.1. The summed E-state index contributed by atoms with van der Waals surface area (Å²) in [5.41, 5.74) is 0.751. The third-order valence-corrected chi connectivity index (χ3v) is 9.39. The Balaban J connectivity index is 1.67. The van der Waals surface area contributed by atoms with Gasteiger partial charge in [-0.2, -0.15) is 0 Å². The van der Waals surface area contributed by atoms with Gasteiger partial charge in [-0.15, -0.1) is 0 Å². The Morgan fingerprint density at radius 3 is 1.77 bits per heavy atom. The largest absolute Gasteiger partial charge is 0.466 e. The van der Waals surface area contributed by atoms with E-state index in [-0.39, 0.29) is 25.3 Å². The van der Waals surface area contributed by atoms with Gasteiger partial charge in [-0.25, -0.2) is 14.4 Å². The first kappa shape index (κ1) is 42.7. The smallest absolute Gasteiger partial charge is 0.344 e. The molecule has 2 aliphatic heterocycles. The van der Waals surface area contributed by atoms with E-state index in [2.05, 4.69) is 14.2 Å². The monoisotopic (exact) mass is 784 g/mol. The molecule has 2 heterocycles. The van der Waals surface area contributed by atoms with E-state index in [1.54, 1.807) is 6.08 Å². The van der Waals surface area contributed by atoms with Crippen molar-refractivity contribution in [3.05, 3.63) is 69.3 Å². The summed E-state index contributed by atoms with van der Waals surface area (Å²) in [5.74, 6) is -4.84. The SMILES string of the molecule is COC(=O)COC(=O)CN(CCN(CC(=O)OCC(=O)OC)Cc1cc([N+](=O)[O-])cc2c1OC1(C=C2)N(C)c2ccccc2C1(C)C)CC(=O)OCC(=O)OC. The van der Waals surface area contributed by atoms with Gasteiger partial charge in [0.25, 0.3) is 5.69 Å². The normalized spacial score (nSPS) is 16.0. The van der Waals surface area contributed by atoms with Gasteiger partial charge in [-0.1, -0.05) is 18.2 Å². The first-order valence-electron chi connectivity index (χ1n) is 17.2. The van der Waals surface area contributed by atoms with E-state index < -0.39 is 91.3 Å². The second-order valence-corrected chi connectivity index (χ2v) is 13.2. The van der Waals surface area contributed by atoms with E-state index in [1.807, 2.05) is 56.1 Å². The first-order valence-corrected chi connectivity index (χ1v) is 17.2. The minimum absolute atomic E-state index is 0.100. The molecular weight excluding hydrogens is 740 g/mol. The number of hydrogen-bond donors (Lipinski definition) is 0. The van der Waals surface area contributed by atoms with Crippen molar-refractivity contribution in [2.75, 3.05) is 85.8 Å². The fourth-order valence-electron chi connectivity index (χ4n) is 6.39. The van der Waals surface area contributed by atoms with Crippen molar-refractivity contribution in [1.29, 1.82) is 0 Å². The summed E-state index contributed by atoms with van der Waals surface area (Å²) in [6.07, 6.45) is 3.62. The predicted molar refractivity (Wildman–Crippen MR) is 194 cm³/mol. The Bertz CT molecular complexity index is 1850. The number of rotatable bonds is 18. The molecule has 0 N–H and O–H groups in total. The Morgan fingerprint density at radius 1 is 0.768 bits per heavy atom. The summed E-state index contributed by atoms with van der Waals surface area (Å²) in [6, 6.07) is 10.5. The van der Waals surface area contributed by atoms with Crippen molar-refractivity contribution < 1.29 is 66.8 Å². The number of fused-ring (bicyclic) bond motifs is 2. The molecule has 0 radical (unpaired) electrons. The van der Waals surface area contributed by atoms with E-state index in [0.29, 0.717) is 16.9 Å². The van der Waals surface area contributed by atoms with Gasteiger partial charge in [0.05, 0.1) is 51.3 Å². The fraction of sp³-hybridized carbons (Fsp3) is 0.459. The van der Waals surface area contributed by atoms with Crippen LogP contribution in [-0.4, -0.2) is 137 Å². The van der Waals surface area contributed by atoms with Crippen LogP contribution in [0, 0.1) is 10.1 Å². The maximum Gasteiger partial charge on any atom is 0.344 e. The lowest BCUT2D eigenvalue weighted by molar-refractivity contribution is -0.385. The van der Waals surface area contributed by atoms with Gasteiger partial charge in [-0.05, 0) is 37.6 Å². The summed E-state index contributed by atoms with van der Waals surface area (Å²) < 4.78 is 35.4. The van der Waals surface area contributed by atoms with Gasteiger partial charge in [0, 0.05) is 55.6 Å². The van der Waals surface area contributed by atoms with E-state index in [4.69, 9.17) is 18.9 Å². The number of esters is 6. The Hall–Kier alpha value is -6.08. The summed E-state index contributed by atoms with van der Waals surface area (Å²) in [6.45, 7) is 0.0161. The molecule has 1 atom stereocenters. The first-order chi connectivity index (χ1) is 26.5. The molecule has 0 saturated heterocycles. The van der Waals surface area contributed by atoms with Crippen molar-refractivity contribution >= 4 is 53.3 Å². The number of para-hydroxylation sites is 1. The minimum atomic E-state index is -1.06. The maximum atomic E-state index is 13.1. The molecule has 2 aromatic carbocycles. The molecule has 0 fully saturated rings. The van der Waals surface area contributed by atoms with Crippen molar-refractivity contribution in [3.63, 3.8) is 0 Å². The van der Waals surface area contributed by atoms with Crippen molar-refractivity contribution in [1.82, 2.24) is 9.80 Å². The van der Waals surface area contributed by atoms with Crippen LogP contribution in [0.5, 0.6) is 5.75 Å². The van der Waals surface area contributed by atoms with E-state index in [1.165, 1.54) is 21.9 Å². The molecule has 0 amide bonds. The van der Waals surface area contributed by atoms with Crippen LogP contribution >= 0.6 is 0 Å². The van der Waals surface area contributed by atoms with E-state index >= 15 is 0 Å². The average Bonchev–Trinajstić information content (AvgIpc) is 3.34. The zero-order chi connectivity index (χ0) is 41.2. The fourth-order valence-corrected chi connectivity index (χ4v) is 6.39. The number of ether oxygens (including phenoxy) is 7. The molecular formula is C37H44N4O15. The minimum Gasteiger partial charge on any atom is -0.466 e. The lowest BCUT2D eigenvalue weighted by Gasteiger charge is -2.46. The number of likely N-dealkylation sites (N-methyl/N-ethyl adjacent to an activating group) is 1. The van der Waals surface area contributed by atoms with Crippen LogP contribution in [0.4, 0.5) is 11.4 Å². The van der Waals surface area contributed by atoms with Gasteiger partial charge in [0.15, 0.2) is 19.8 Å². The topological polar surface area (TPSA) is 220 Å². The van der Waals surface area contributed by atoms with Crippen LogP contribution < -0.4 is 9.64 Å². The average molecular weight is 785 g/mol. The zero-order valence-corrected chi connectivity index (χ0v) is 31.9. The highest BCUT2D eigenvalue weighted by atomic mass is 16.6. The lowest BCUT2D eigenvalue weighted by Crippen LogP contribution is -2.58. The number of nitro groups is 1. The van der Waals surface area contributed by atoms with Gasteiger partial charge in [0.2, 0.25) is 5.72 Å². The number of carbonyl (C=O) groups is 6. The van der Waals surface area contributed by atoms with Crippen LogP contribution in [0.3, 0.4) is 0 Å². The molecule has 2 aromatic rings. The number of carbonyl (C=O) groups excluding carboxylic acids is 6. The predicted octanol–water partition coefficient (Wildman–Crippen LogP) is 1.38. The molecule has 0 aliphatic carbocycles. The molecule has 2 aliphatic rings. The van der Waals surface area contributed by atoms with Crippen LogP contribution in [0.2, 0.25) is 0 Å². The Kier molecular flexibility index (Phi) is 14.1. The Labute approximate surface area is 322 Å². The number of benzene rings is 2.